The molecule has 1 aliphatic heterocycles. The van der Waals surface area contributed by atoms with Crippen molar-refractivity contribution in [1.29, 1.82) is 0 Å². The van der Waals surface area contributed by atoms with Gasteiger partial charge in [-0.05, 0) is 36.8 Å². The highest BCUT2D eigenvalue weighted by Gasteiger charge is 2.35. The molecule has 2 atom stereocenters. The van der Waals surface area contributed by atoms with Crippen LogP contribution in [0.2, 0.25) is 0 Å². The minimum Gasteiger partial charge on any atom is -0.339 e. The van der Waals surface area contributed by atoms with Gasteiger partial charge in [-0.15, -0.1) is 0 Å². The maximum atomic E-state index is 12.8. The zero-order valence-electron chi connectivity index (χ0n) is 15.2. The number of sulfone groups is 1. The normalized spacial score (nSPS) is 21.0. The van der Waals surface area contributed by atoms with Gasteiger partial charge in [0.2, 0.25) is 5.91 Å². The van der Waals surface area contributed by atoms with Crippen molar-refractivity contribution in [3.63, 3.8) is 0 Å². The van der Waals surface area contributed by atoms with E-state index in [4.69, 9.17) is 0 Å². The second kappa shape index (κ2) is 7.68. The summed E-state index contributed by atoms with van der Waals surface area (Å²) in [6.45, 7) is 8.75. The Bertz CT molecular complexity index is 664. The Morgan fingerprint density at radius 1 is 1.21 bits per heavy atom. The van der Waals surface area contributed by atoms with Crippen LogP contribution >= 0.6 is 0 Å². The maximum Gasteiger partial charge on any atom is 0.226 e. The van der Waals surface area contributed by atoms with Crippen LogP contribution in [0.1, 0.15) is 51.2 Å². The second-order valence-electron chi connectivity index (χ2n) is 7.18. The minimum absolute atomic E-state index is 0.0625. The van der Waals surface area contributed by atoms with Gasteiger partial charge in [0, 0.05) is 18.5 Å². The van der Waals surface area contributed by atoms with E-state index in [1.165, 1.54) is 5.56 Å². The highest BCUT2D eigenvalue weighted by atomic mass is 32.2. The van der Waals surface area contributed by atoms with Crippen molar-refractivity contribution >= 4 is 15.7 Å². The van der Waals surface area contributed by atoms with Crippen LogP contribution in [0.4, 0.5) is 0 Å². The van der Waals surface area contributed by atoms with Gasteiger partial charge in [-0.1, -0.05) is 45.0 Å². The van der Waals surface area contributed by atoms with Crippen molar-refractivity contribution in [1.82, 2.24) is 4.90 Å². The molecule has 0 aromatic heterocycles. The van der Waals surface area contributed by atoms with Crippen LogP contribution in [-0.4, -0.2) is 43.3 Å². The molecular weight excluding hydrogens is 322 g/mol. The number of rotatable bonds is 6. The fraction of sp³-hybridized carbons (Fsp3) is 0.632. The summed E-state index contributed by atoms with van der Waals surface area (Å²) in [6, 6.07) is 8.28. The summed E-state index contributed by atoms with van der Waals surface area (Å²) in [4.78, 5) is 14.5. The lowest BCUT2D eigenvalue weighted by Crippen LogP contribution is -2.44. The Hall–Kier alpha value is -1.36. The number of nitrogens with zero attached hydrogens (tertiary/aromatic N) is 1. The molecule has 24 heavy (non-hydrogen) atoms. The number of hydrogen-bond donors (Lipinski definition) is 0. The van der Waals surface area contributed by atoms with Gasteiger partial charge < -0.3 is 4.90 Å². The molecule has 2 rings (SSSR count). The van der Waals surface area contributed by atoms with E-state index < -0.39 is 9.84 Å². The first kappa shape index (κ1) is 19.0. The lowest BCUT2D eigenvalue weighted by atomic mass is 9.96. The van der Waals surface area contributed by atoms with Gasteiger partial charge in [-0.3, -0.25) is 4.79 Å². The number of carbonyl (C=O) groups excluding carboxylic acids is 1. The van der Waals surface area contributed by atoms with Crippen molar-refractivity contribution < 1.29 is 13.2 Å². The smallest absolute Gasteiger partial charge is 0.226 e. The number of benzene rings is 1. The molecule has 1 heterocycles. The van der Waals surface area contributed by atoms with Gasteiger partial charge in [-0.25, -0.2) is 8.42 Å². The van der Waals surface area contributed by atoms with E-state index in [0.29, 0.717) is 25.3 Å². The number of amides is 1. The SMILES string of the molecule is CCN(C(=O)C(C)Cc1ccc(C(C)C)cc1)C1CCS(=O)(=O)C1. The Kier molecular flexibility index (Phi) is 6.07. The van der Waals surface area contributed by atoms with E-state index in [1.54, 1.807) is 4.90 Å². The van der Waals surface area contributed by atoms with Gasteiger partial charge in [0.05, 0.1) is 11.5 Å². The summed E-state index contributed by atoms with van der Waals surface area (Å²) in [6.07, 6.45) is 1.25. The predicted molar refractivity (Wildman–Crippen MR) is 97.8 cm³/mol. The highest BCUT2D eigenvalue weighted by molar-refractivity contribution is 7.91. The fourth-order valence-electron chi connectivity index (χ4n) is 3.38. The molecule has 1 amide bonds. The molecule has 0 saturated carbocycles. The van der Waals surface area contributed by atoms with Gasteiger partial charge >= 0.3 is 0 Å². The van der Waals surface area contributed by atoms with Crippen molar-refractivity contribution in [3.8, 4) is 0 Å². The molecule has 134 valence electrons. The monoisotopic (exact) mass is 351 g/mol. The van der Waals surface area contributed by atoms with Gasteiger partial charge in [0.1, 0.15) is 0 Å². The van der Waals surface area contributed by atoms with Crippen LogP contribution in [0, 0.1) is 5.92 Å². The molecule has 1 fully saturated rings. The summed E-state index contributed by atoms with van der Waals surface area (Å²) in [5, 5.41) is 0. The van der Waals surface area contributed by atoms with Gasteiger partial charge in [0.25, 0.3) is 0 Å². The molecule has 0 aliphatic carbocycles. The van der Waals surface area contributed by atoms with Crippen LogP contribution in [0.25, 0.3) is 0 Å². The first-order chi connectivity index (χ1) is 11.2. The molecule has 0 N–H and O–H groups in total. The maximum absolute atomic E-state index is 12.8. The average molecular weight is 352 g/mol. The van der Waals surface area contributed by atoms with Crippen molar-refractivity contribution in [2.45, 2.75) is 52.5 Å². The van der Waals surface area contributed by atoms with Crippen LogP contribution in [0.5, 0.6) is 0 Å². The molecule has 1 saturated heterocycles. The topological polar surface area (TPSA) is 54.5 Å². The molecule has 4 nitrogen and oxygen atoms in total. The molecule has 1 aromatic rings. The third-order valence-electron chi connectivity index (χ3n) is 4.88. The molecular formula is C19H29NO3S. The summed E-state index contributed by atoms with van der Waals surface area (Å²) in [7, 11) is -2.98. The van der Waals surface area contributed by atoms with Gasteiger partial charge in [-0.2, -0.15) is 0 Å². The molecule has 2 unspecified atom stereocenters. The third kappa shape index (κ3) is 4.59. The van der Waals surface area contributed by atoms with Crippen molar-refractivity contribution in [3.05, 3.63) is 35.4 Å². The summed E-state index contributed by atoms with van der Waals surface area (Å²) < 4.78 is 23.4. The summed E-state index contributed by atoms with van der Waals surface area (Å²) in [5.41, 5.74) is 2.44. The van der Waals surface area contributed by atoms with Crippen LogP contribution in [0.3, 0.4) is 0 Å². The van der Waals surface area contributed by atoms with Gasteiger partial charge in [0.15, 0.2) is 9.84 Å². The number of hydrogen-bond acceptors (Lipinski definition) is 3. The Morgan fingerprint density at radius 2 is 1.83 bits per heavy atom. The lowest BCUT2D eigenvalue weighted by Gasteiger charge is -2.29. The van der Waals surface area contributed by atoms with Crippen LogP contribution < -0.4 is 0 Å². The fourth-order valence-corrected chi connectivity index (χ4v) is 5.11. The second-order valence-corrected chi connectivity index (χ2v) is 9.41. The number of carbonyl (C=O) groups is 1. The van der Waals surface area contributed by atoms with E-state index in [9.17, 15) is 13.2 Å². The van der Waals surface area contributed by atoms with E-state index in [0.717, 1.165) is 5.56 Å². The predicted octanol–water partition coefficient (Wildman–Crippen LogP) is 3.02. The standard InChI is InChI=1S/C19H29NO3S/c1-5-20(18-10-11-24(22,23)13-18)19(21)15(4)12-16-6-8-17(9-7-16)14(2)3/h6-9,14-15,18H,5,10-13H2,1-4H3. The van der Waals surface area contributed by atoms with E-state index in [2.05, 4.69) is 38.1 Å². The molecule has 1 aliphatic rings. The van der Waals surface area contributed by atoms with Crippen LogP contribution in [0.15, 0.2) is 24.3 Å². The minimum atomic E-state index is -2.98. The molecule has 1 aromatic carbocycles. The highest BCUT2D eigenvalue weighted by Crippen LogP contribution is 2.22. The van der Waals surface area contributed by atoms with E-state index in [-0.39, 0.29) is 29.4 Å². The first-order valence-corrected chi connectivity index (χ1v) is 10.7. The molecule has 5 heteroatoms. The van der Waals surface area contributed by atoms with E-state index >= 15 is 0 Å². The molecule has 0 spiro atoms. The zero-order chi connectivity index (χ0) is 17.9. The van der Waals surface area contributed by atoms with Crippen molar-refractivity contribution in [2.75, 3.05) is 18.1 Å². The average Bonchev–Trinajstić information content (AvgIpc) is 2.88. The summed E-state index contributed by atoms with van der Waals surface area (Å²) >= 11 is 0. The largest absolute Gasteiger partial charge is 0.339 e. The van der Waals surface area contributed by atoms with Crippen LogP contribution in [-0.2, 0) is 21.1 Å². The van der Waals surface area contributed by atoms with E-state index in [1.807, 2.05) is 13.8 Å². The molecule has 0 radical (unpaired) electrons. The summed E-state index contributed by atoms with van der Waals surface area (Å²) in [5.74, 6) is 0.734. The molecule has 0 bridgehead atoms. The lowest BCUT2D eigenvalue weighted by molar-refractivity contribution is -0.136. The Labute approximate surface area is 146 Å². The van der Waals surface area contributed by atoms with Crippen molar-refractivity contribution in [2.24, 2.45) is 5.92 Å². The zero-order valence-corrected chi connectivity index (χ0v) is 16.0. The Morgan fingerprint density at radius 3 is 2.29 bits per heavy atom. The quantitative estimate of drug-likeness (QED) is 0.791. The third-order valence-corrected chi connectivity index (χ3v) is 6.63. The Balaban J connectivity index is 2.02. The first-order valence-electron chi connectivity index (χ1n) is 8.83.